The molecule has 1 aliphatic rings. The van der Waals surface area contributed by atoms with E-state index in [-0.39, 0.29) is 11.3 Å². The third-order valence-electron chi connectivity index (χ3n) is 3.61. The van der Waals surface area contributed by atoms with Crippen molar-refractivity contribution >= 4 is 17.2 Å². The van der Waals surface area contributed by atoms with Crippen LogP contribution < -0.4 is 5.32 Å². The van der Waals surface area contributed by atoms with Gasteiger partial charge >= 0.3 is 0 Å². The van der Waals surface area contributed by atoms with Gasteiger partial charge < -0.3 is 10.3 Å². The van der Waals surface area contributed by atoms with E-state index in [9.17, 15) is 4.79 Å². The maximum atomic E-state index is 12.1. The summed E-state index contributed by atoms with van der Waals surface area (Å²) in [7, 11) is 0. The van der Waals surface area contributed by atoms with E-state index in [1.165, 1.54) is 4.88 Å². The van der Waals surface area contributed by atoms with E-state index in [2.05, 4.69) is 34.1 Å². The molecule has 0 saturated carbocycles. The minimum absolute atomic E-state index is 0.0272. The fourth-order valence-electron chi connectivity index (χ4n) is 2.34. The van der Waals surface area contributed by atoms with Gasteiger partial charge in [0, 0.05) is 17.1 Å². The number of nitrogens with zero attached hydrogens (tertiary/aromatic N) is 2. The molecule has 2 aromatic rings. The molecule has 5 nitrogen and oxygen atoms in total. The predicted molar refractivity (Wildman–Crippen MR) is 79.0 cm³/mol. The van der Waals surface area contributed by atoms with Crippen LogP contribution in [0.25, 0.3) is 10.8 Å². The Balaban J connectivity index is 2.05. The zero-order chi connectivity index (χ0) is 14.5. The SMILES string of the molecule is Cc1nc(-c2nc3c([nH]2)CC(C)(C)CNC3=O)sc1C. The van der Waals surface area contributed by atoms with Crippen LogP contribution in [-0.2, 0) is 6.42 Å². The number of fused-ring (bicyclic) bond motifs is 1. The number of carbonyl (C=O) groups is 1. The molecule has 0 bridgehead atoms. The molecule has 3 heterocycles. The monoisotopic (exact) mass is 290 g/mol. The van der Waals surface area contributed by atoms with Crippen molar-refractivity contribution in [2.75, 3.05) is 6.54 Å². The molecule has 2 N–H and O–H groups in total. The summed E-state index contributed by atoms with van der Waals surface area (Å²) >= 11 is 1.60. The number of aromatic nitrogens is 3. The molecule has 0 aliphatic carbocycles. The maximum Gasteiger partial charge on any atom is 0.271 e. The standard InChI is InChI=1S/C14H18N4OS/c1-7-8(2)20-13(16-7)11-17-9-5-14(3,4)6-15-12(19)10(9)18-11/h5-6H2,1-4H3,(H,15,19)(H,17,18). The number of hydrogen-bond donors (Lipinski definition) is 2. The fourth-order valence-corrected chi connectivity index (χ4v) is 3.20. The van der Waals surface area contributed by atoms with Crippen LogP contribution in [0.1, 0.15) is 40.6 Å². The lowest BCUT2D eigenvalue weighted by molar-refractivity contribution is 0.0940. The van der Waals surface area contributed by atoms with E-state index in [0.717, 1.165) is 22.8 Å². The first kappa shape index (κ1) is 13.3. The van der Waals surface area contributed by atoms with E-state index >= 15 is 0 Å². The molecule has 1 aliphatic heterocycles. The third kappa shape index (κ3) is 2.24. The number of nitrogens with one attached hydrogen (secondary N) is 2. The van der Waals surface area contributed by atoms with Crippen LogP contribution >= 0.6 is 11.3 Å². The lowest BCUT2D eigenvalue weighted by Crippen LogP contribution is -2.32. The zero-order valence-electron chi connectivity index (χ0n) is 12.1. The number of hydrogen-bond acceptors (Lipinski definition) is 4. The molecular formula is C14H18N4OS. The number of aromatic amines is 1. The van der Waals surface area contributed by atoms with Gasteiger partial charge in [-0.1, -0.05) is 13.8 Å². The van der Waals surface area contributed by atoms with Gasteiger partial charge in [-0.25, -0.2) is 9.97 Å². The molecule has 0 radical (unpaired) electrons. The molecule has 3 rings (SSSR count). The Kier molecular flexibility index (Phi) is 2.93. The Hall–Kier alpha value is -1.69. The first-order valence-electron chi connectivity index (χ1n) is 6.67. The van der Waals surface area contributed by atoms with Crippen molar-refractivity contribution in [2.45, 2.75) is 34.1 Å². The van der Waals surface area contributed by atoms with E-state index in [1.54, 1.807) is 11.3 Å². The average Bonchev–Trinajstić information content (AvgIpc) is 2.88. The van der Waals surface area contributed by atoms with Crippen LogP contribution in [-0.4, -0.2) is 27.4 Å². The Morgan fingerprint density at radius 2 is 2.00 bits per heavy atom. The van der Waals surface area contributed by atoms with Crippen LogP contribution in [0.4, 0.5) is 0 Å². The van der Waals surface area contributed by atoms with Crippen molar-refractivity contribution in [3.05, 3.63) is 22.0 Å². The highest BCUT2D eigenvalue weighted by molar-refractivity contribution is 7.15. The summed E-state index contributed by atoms with van der Waals surface area (Å²) in [5, 5.41) is 3.78. The summed E-state index contributed by atoms with van der Waals surface area (Å²) in [6.45, 7) is 8.97. The van der Waals surface area contributed by atoms with Gasteiger partial charge in [0.25, 0.3) is 5.91 Å². The Morgan fingerprint density at radius 3 is 2.65 bits per heavy atom. The highest BCUT2D eigenvalue weighted by atomic mass is 32.1. The molecule has 0 spiro atoms. The van der Waals surface area contributed by atoms with Gasteiger partial charge in [0.2, 0.25) is 0 Å². The first-order chi connectivity index (χ1) is 9.35. The quantitative estimate of drug-likeness (QED) is 0.847. The minimum atomic E-state index is -0.0990. The van der Waals surface area contributed by atoms with Crippen molar-refractivity contribution in [1.82, 2.24) is 20.3 Å². The first-order valence-corrected chi connectivity index (χ1v) is 7.49. The molecule has 2 aromatic heterocycles. The van der Waals surface area contributed by atoms with Crippen molar-refractivity contribution in [1.29, 1.82) is 0 Å². The van der Waals surface area contributed by atoms with Crippen molar-refractivity contribution in [2.24, 2.45) is 5.41 Å². The van der Waals surface area contributed by atoms with Crippen LogP contribution in [0, 0.1) is 19.3 Å². The van der Waals surface area contributed by atoms with Gasteiger partial charge in [0.1, 0.15) is 5.69 Å². The molecule has 6 heteroatoms. The molecule has 0 atom stereocenters. The Bertz CT molecular complexity index is 664. The number of rotatable bonds is 1. The Labute approximate surface area is 121 Å². The highest BCUT2D eigenvalue weighted by Gasteiger charge is 2.30. The van der Waals surface area contributed by atoms with Crippen LogP contribution in [0.15, 0.2) is 0 Å². The zero-order valence-corrected chi connectivity index (χ0v) is 12.9. The highest BCUT2D eigenvalue weighted by Crippen LogP contribution is 2.30. The second kappa shape index (κ2) is 4.41. The van der Waals surface area contributed by atoms with Gasteiger partial charge in [-0.3, -0.25) is 4.79 Å². The number of imidazole rings is 1. The molecule has 0 unspecified atom stereocenters. The van der Waals surface area contributed by atoms with E-state index < -0.39 is 0 Å². The smallest absolute Gasteiger partial charge is 0.271 e. The molecular weight excluding hydrogens is 272 g/mol. The third-order valence-corrected chi connectivity index (χ3v) is 4.69. The normalized spacial score (nSPS) is 17.5. The molecule has 0 aromatic carbocycles. The maximum absolute atomic E-state index is 12.1. The number of carbonyl (C=O) groups excluding carboxylic acids is 1. The molecule has 1 amide bonds. The summed E-state index contributed by atoms with van der Waals surface area (Å²) in [5.41, 5.74) is 2.46. The fraction of sp³-hybridized carbons (Fsp3) is 0.500. The predicted octanol–water partition coefficient (Wildman–Crippen LogP) is 2.46. The van der Waals surface area contributed by atoms with Crippen LogP contribution in [0.2, 0.25) is 0 Å². The lowest BCUT2D eigenvalue weighted by atomic mass is 9.88. The second-order valence-corrected chi connectivity index (χ2v) is 7.30. The summed E-state index contributed by atoms with van der Waals surface area (Å²) in [4.78, 5) is 25.5. The van der Waals surface area contributed by atoms with Gasteiger partial charge in [-0.2, -0.15) is 0 Å². The molecule has 20 heavy (non-hydrogen) atoms. The van der Waals surface area contributed by atoms with Gasteiger partial charge in [0.15, 0.2) is 10.8 Å². The van der Waals surface area contributed by atoms with Crippen LogP contribution in [0.5, 0.6) is 0 Å². The number of thiazole rings is 1. The minimum Gasteiger partial charge on any atom is -0.350 e. The van der Waals surface area contributed by atoms with Gasteiger partial charge in [-0.15, -0.1) is 11.3 Å². The topological polar surface area (TPSA) is 70.7 Å². The van der Waals surface area contributed by atoms with E-state index in [1.807, 2.05) is 13.8 Å². The summed E-state index contributed by atoms with van der Waals surface area (Å²) in [6.07, 6.45) is 0.803. The largest absolute Gasteiger partial charge is 0.350 e. The van der Waals surface area contributed by atoms with Gasteiger partial charge in [-0.05, 0) is 25.7 Å². The Morgan fingerprint density at radius 1 is 1.25 bits per heavy atom. The van der Waals surface area contributed by atoms with Crippen molar-refractivity contribution in [3.8, 4) is 10.8 Å². The van der Waals surface area contributed by atoms with Gasteiger partial charge in [0.05, 0.1) is 5.69 Å². The van der Waals surface area contributed by atoms with E-state index in [0.29, 0.717) is 18.1 Å². The summed E-state index contributed by atoms with van der Waals surface area (Å²) in [5.74, 6) is 0.599. The number of amides is 1. The van der Waals surface area contributed by atoms with Crippen molar-refractivity contribution < 1.29 is 4.79 Å². The number of H-pyrrole nitrogens is 1. The summed E-state index contributed by atoms with van der Waals surface area (Å²) in [6, 6.07) is 0. The summed E-state index contributed by atoms with van der Waals surface area (Å²) < 4.78 is 0. The lowest BCUT2D eigenvalue weighted by Gasteiger charge is -2.21. The van der Waals surface area contributed by atoms with E-state index in [4.69, 9.17) is 0 Å². The van der Waals surface area contributed by atoms with Crippen molar-refractivity contribution in [3.63, 3.8) is 0 Å². The molecule has 0 fully saturated rings. The second-order valence-electron chi connectivity index (χ2n) is 6.10. The molecule has 0 saturated heterocycles. The number of aryl methyl sites for hydroxylation is 2. The van der Waals surface area contributed by atoms with Crippen LogP contribution in [0.3, 0.4) is 0 Å². The molecule has 106 valence electrons. The average molecular weight is 290 g/mol.